The minimum absolute atomic E-state index is 0.0183. The molecule has 2 heterocycles. The summed E-state index contributed by atoms with van der Waals surface area (Å²) in [6, 6.07) is 2.12. The van der Waals surface area contributed by atoms with Gasteiger partial charge in [-0.1, -0.05) is 25.9 Å². The van der Waals surface area contributed by atoms with Gasteiger partial charge in [-0.15, -0.1) is 0 Å². The molecule has 0 saturated carbocycles. The molecule has 1 N–H and O–H groups in total. The van der Waals surface area contributed by atoms with E-state index < -0.39 is 0 Å². The highest BCUT2D eigenvalue weighted by Gasteiger charge is 2.29. The van der Waals surface area contributed by atoms with Gasteiger partial charge in [-0.3, -0.25) is 4.79 Å². The van der Waals surface area contributed by atoms with E-state index in [-0.39, 0.29) is 11.9 Å². The zero-order chi connectivity index (χ0) is 15.2. The van der Waals surface area contributed by atoms with E-state index in [2.05, 4.69) is 31.2 Å². The van der Waals surface area contributed by atoms with Crippen LogP contribution >= 0.6 is 0 Å². The number of amides is 1. The maximum atomic E-state index is 12.7. The second kappa shape index (κ2) is 7.59. The Hall–Kier alpha value is -1.36. The van der Waals surface area contributed by atoms with E-state index in [4.69, 9.17) is 4.52 Å². The van der Waals surface area contributed by atoms with Gasteiger partial charge < -0.3 is 14.7 Å². The lowest BCUT2D eigenvalue weighted by Crippen LogP contribution is -2.41. The molecule has 1 aliphatic rings. The molecular weight excluding hydrogens is 266 g/mol. The zero-order valence-corrected chi connectivity index (χ0v) is 13.4. The van der Waals surface area contributed by atoms with Crippen molar-refractivity contribution in [2.75, 3.05) is 19.6 Å². The minimum Gasteiger partial charge on any atom is -0.351 e. The first-order valence-electron chi connectivity index (χ1n) is 8.19. The van der Waals surface area contributed by atoms with Crippen LogP contribution in [0.4, 0.5) is 0 Å². The summed E-state index contributed by atoms with van der Waals surface area (Å²) in [4.78, 5) is 14.6. The lowest BCUT2D eigenvalue weighted by atomic mass is 9.99. The topological polar surface area (TPSA) is 58.4 Å². The van der Waals surface area contributed by atoms with E-state index in [1.807, 2.05) is 11.0 Å². The fourth-order valence-corrected chi connectivity index (χ4v) is 3.03. The molecule has 1 atom stereocenters. The Morgan fingerprint density at radius 2 is 2.24 bits per heavy atom. The van der Waals surface area contributed by atoms with Crippen molar-refractivity contribution in [3.05, 3.63) is 17.5 Å². The fourth-order valence-electron chi connectivity index (χ4n) is 3.03. The summed E-state index contributed by atoms with van der Waals surface area (Å²) in [5.74, 6) is 0.746. The molecule has 1 aromatic rings. The SMILES string of the molecule is CCCN(C(=O)c1cc(C(CC)CC)no1)C1CCNC1. The minimum atomic E-state index is -0.0183. The molecule has 0 aromatic carbocycles. The summed E-state index contributed by atoms with van der Waals surface area (Å²) >= 11 is 0. The van der Waals surface area contributed by atoms with E-state index in [0.717, 1.165) is 51.0 Å². The van der Waals surface area contributed by atoms with Crippen LogP contribution in [0.2, 0.25) is 0 Å². The van der Waals surface area contributed by atoms with Crippen LogP contribution in [0, 0.1) is 0 Å². The summed E-state index contributed by atoms with van der Waals surface area (Å²) in [6.07, 6.45) is 4.00. The molecule has 1 unspecified atom stereocenters. The monoisotopic (exact) mass is 293 g/mol. The maximum absolute atomic E-state index is 12.7. The van der Waals surface area contributed by atoms with Crippen molar-refractivity contribution in [3.8, 4) is 0 Å². The smallest absolute Gasteiger partial charge is 0.292 e. The van der Waals surface area contributed by atoms with E-state index in [0.29, 0.717) is 11.7 Å². The quantitative estimate of drug-likeness (QED) is 0.840. The van der Waals surface area contributed by atoms with Crippen molar-refractivity contribution in [3.63, 3.8) is 0 Å². The third-order valence-electron chi connectivity index (χ3n) is 4.34. The molecule has 0 radical (unpaired) electrons. The first kappa shape index (κ1) is 16.0. The third kappa shape index (κ3) is 3.64. The number of nitrogens with zero attached hydrogens (tertiary/aromatic N) is 2. The predicted molar refractivity (Wildman–Crippen MR) is 82.4 cm³/mol. The maximum Gasteiger partial charge on any atom is 0.292 e. The molecule has 1 saturated heterocycles. The van der Waals surface area contributed by atoms with Crippen LogP contribution < -0.4 is 5.32 Å². The summed E-state index contributed by atoms with van der Waals surface area (Å²) in [6.45, 7) is 8.99. The number of hydrogen-bond acceptors (Lipinski definition) is 4. The Labute approximate surface area is 127 Å². The van der Waals surface area contributed by atoms with Crippen LogP contribution in [0.1, 0.15) is 68.6 Å². The highest BCUT2D eigenvalue weighted by atomic mass is 16.5. The number of rotatable bonds is 7. The second-order valence-electron chi connectivity index (χ2n) is 5.77. The van der Waals surface area contributed by atoms with Gasteiger partial charge >= 0.3 is 0 Å². The van der Waals surface area contributed by atoms with E-state index in [9.17, 15) is 4.79 Å². The van der Waals surface area contributed by atoms with Crippen molar-refractivity contribution in [2.45, 2.75) is 58.4 Å². The highest BCUT2D eigenvalue weighted by Crippen LogP contribution is 2.23. The Bertz CT molecular complexity index is 448. The second-order valence-corrected chi connectivity index (χ2v) is 5.77. The van der Waals surface area contributed by atoms with Gasteiger partial charge in [0.15, 0.2) is 0 Å². The van der Waals surface area contributed by atoms with Crippen molar-refractivity contribution in [1.29, 1.82) is 0 Å². The first-order chi connectivity index (χ1) is 10.2. The van der Waals surface area contributed by atoms with Gasteiger partial charge in [0, 0.05) is 31.1 Å². The van der Waals surface area contributed by atoms with Gasteiger partial charge in [-0.2, -0.15) is 0 Å². The molecule has 118 valence electrons. The van der Waals surface area contributed by atoms with Crippen molar-refractivity contribution in [1.82, 2.24) is 15.4 Å². The fraction of sp³-hybridized carbons (Fsp3) is 0.750. The molecular formula is C16H27N3O2. The Kier molecular flexibility index (Phi) is 5.79. The molecule has 21 heavy (non-hydrogen) atoms. The van der Waals surface area contributed by atoms with Crippen LogP contribution in [-0.4, -0.2) is 41.6 Å². The van der Waals surface area contributed by atoms with Crippen LogP contribution in [0.25, 0.3) is 0 Å². The van der Waals surface area contributed by atoms with Crippen LogP contribution in [0.3, 0.4) is 0 Å². The van der Waals surface area contributed by atoms with E-state index >= 15 is 0 Å². The molecule has 5 heteroatoms. The average molecular weight is 293 g/mol. The average Bonchev–Trinajstić information content (AvgIpc) is 3.17. The number of nitrogens with one attached hydrogen (secondary N) is 1. The molecule has 1 amide bonds. The Morgan fingerprint density at radius 3 is 2.81 bits per heavy atom. The van der Waals surface area contributed by atoms with Crippen LogP contribution in [0.5, 0.6) is 0 Å². The summed E-state index contributed by atoms with van der Waals surface area (Å²) in [5.41, 5.74) is 0.907. The van der Waals surface area contributed by atoms with E-state index in [1.54, 1.807) is 0 Å². The van der Waals surface area contributed by atoms with Crippen LogP contribution in [0.15, 0.2) is 10.6 Å². The van der Waals surface area contributed by atoms with Gasteiger partial charge in [-0.05, 0) is 32.2 Å². The lowest BCUT2D eigenvalue weighted by molar-refractivity contribution is 0.0649. The molecule has 1 aliphatic heterocycles. The lowest BCUT2D eigenvalue weighted by Gasteiger charge is -2.27. The van der Waals surface area contributed by atoms with Crippen molar-refractivity contribution in [2.24, 2.45) is 0 Å². The normalized spacial score (nSPS) is 18.4. The molecule has 1 aromatic heterocycles. The zero-order valence-electron chi connectivity index (χ0n) is 13.4. The van der Waals surface area contributed by atoms with Gasteiger partial charge in [0.25, 0.3) is 5.91 Å². The number of carbonyl (C=O) groups excluding carboxylic acids is 1. The Morgan fingerprint density at radius 1 is 1.48 bits per heavy atom. The molecule has 5 nitrogen and oxygen atoms in total. The largest absolute Gasteiger partial charge is 0.351 e. The summed E-state index contributed by atoms with van der Waals surface area (Å²) < 4.78 is 5.34. The predicted octanol–water partition coefficient (Wildman–Crippen LogP) is 2.79. The van der Waals surface area contributed by atoms with Gasteiger partial charge in [-0.25, -0.2) is 0 Å². The van der Waals surface area contributed by atoms with Crippen molar-refractivity contribution < 1.29 is 9.32 Å². The number of carbonyl (C=O) groups is 1. The molecule has 0 bridgehead atoms. The number of aromatic nitrogens is 1. The Balaban J connectivity index is 2.12. The standard InChI is InChI=1S/C16H27N3O2/c1-4-9-19(13-7-8-17-11-13)16(20)15-10-14(18-21-15)12(5-2)6-3/h10,12-13,17H,4-9,11H2,1-3H3. The summed E-state index contributed by atoms with van der Waals surface area (Å²) in [5, 5.41) is 7.43. The third-order valence-corrected chi connectivity index (χ3v) is 4.34. The van der Waals surface area contributed by atoms with Crippen LogP contribution in [-0.2, 0) is 0 Å². The molecule has 1 fully saturated rings. The highest BCUT2D eigenvalue weighted by molar-refractivity contribution is 5.91. The van der Waals surface area contributed by atoms with E-state index in [1.165, 1.54) is 0 Å². The summed E-state index contributed by atoms with van der Waals surface area (Å²) in [7, 11) is 0. The van der Waals surface area contributed by atoms with Gasteiger partial charge in [0.2, 0.25) is 5.76 Å². The molecule has 2 rings (SSSR count). The van der Waals surface area contributed by atoms with Gasteiger partial charge in [0.05, 0.1) is 5.69 Å². The number of hydrogen-bond donors (Lipinski definition) is 1. The van der Waals surface area contributed by atoms with Gasteiger partial charge in [0.1, 0.15) is 0 Å². The molecule has 0 spiro atoms. The van der Waals surface area contributed by atoms with Crippen molar-refractivity contribution >= 4 is 5.91 Å². The first-order valence-corrected chi connectivity index (χ1v) is 8.19. The molecule has 0 aliphatic carbocycles.